The number of nitrogens with zero attached hydrogens (tertiary/aromatic N) is 3. The first-order valence-electron chi connectivity index (χ1n) is 7.81. The summed E-state index contributed by atoms with van der Waals surface area (Å²) in [7, 11) is 0. The van der Waals surface area contributed by atoms with Crippen LogP contribution in [-0.2, 0) is 0 Å². The molecule has 3 heterocycles. The van der Waals surface area contributed by atoms with Crippen molar-refractivity contribution in [1.82, 2.24) is 10.2 Å². The quantitative estimate of drug-likeness (QED) is 0.848. The maximum absolute atomic E-state index is 4.92. The van der Waals surface area contributed by atoms with Crippen LogP contribution >= 0.6 is 23.5 Å². The van der Waals surface area contributed by atoms with Crippen LogP contribution in [0.25, 0.3) is 0 Å². The van der Waals surface area contributed by atoms with Crippen molar-refractivity contribution in [2.45, 2.75) is 57.2 Å². The van der Waals surface area contributed by atoms with Crippen molar-refractivity contribution >= 4 is 33.9 Å². The molecule has 1 saturated carbocycles. The summed E-state index contributed by atoms with van der Waals surface area (Å²) in [4.78, 5) is 12.0. The molecule has 4 rings (SSSR count). The van der Waals surface area contributed by atoms with E-state index in [2.05, 4.69) is 34.5 Å². The standard InChI is InChI=1S/C15H22N4S2/c1-15(2)9-16-13(18-15)20-7-10-8-21-14-17-11-5-3-4-6-12(11)19(10)14/h8,11-12H,3-7,9H2,1-2H3,(H,16,18)/t11?,12-/m1/s1. The normalized spacial score (nSPS) is 33.0. The van der Waals surface area contributed by atoms with E-state index in [4.69, 9.17) is 4.99 Å². The monoisotopic (exact) mass is 322 g/mol. The van der Waals surface area contributed by atoms with Gasteiger partial charge in [0.25, 0.3) is 0 Å². The van der Waals surface area contributed by atoms with Crippen LogP contribution in [0.1, 0.15) is 39.5 Å². The van der Waals surface area contributed by atoms with Crippen LogP contribution in [0.15, 0.2) is 21.1 Å². The van der Waals surface area contributed by atoms with Crippen LogP contribution in [0.4, 0.5) is 0 Å². The van der Waals surface area contributed by atoms with Gasteiger partial charge in [0.2, 0.25) is 0 Å². The van der Waals surface area contributed by atoms with Gasteiger partial charge in [0, 0.05) is 11.4 Å². The second-order valence-electron chi connectivity index (χ2n) is 6.85. The van der Waals surface area contributed by atoms with Crippen LogP contribution < -0.4 is 5.32 Å². The van der Waals surface area contributed by atoms with E-state index in [1.807, 2.05) is 23.5 Å². The summed E-state index contributed by atoms with van der Waals surface area (Å²) < 4.78 is 0. The van der Waals surface area contributed by atoms with Crippen molar-refractivity contribution in [3.63, 3.8) is 0 Å². The number of fused-ring (bicyclic) bond motifs is 3. The minimum atomic E-state index is 0.121. The number of nitrogens with one attached hydrogen (secondary N) is 1. The topological polar surface area (TPSA) is 40.0 Å². The molecule has 1 unspecified atom stereocenters. The largest absolute Gasteiger partial charge is 0.358 e. The molecular weight excluding hydrogens is 300 g/mol. The van der Waals surface area contributed by atoms with Crippen molar-refractivity contribution in [2.24, 2.45) is 9.98 Å². The highest BCUT2D eigenvalue weighted by atomic mass is 32.2. The van der Waals surface area contributed by atoms with Gasteiger partial charge in [-0.3, -0.25) is 9.98 Å². The third kappa shape index (κ3) is 2.61. The summed E-state index contributed by atoms with van der Waals surface area (Å²) >= 11 is 3.64. The molecule has 3 aliphatic heterocycles. The molecule has 0 aromatic heterocycles. The number of hydrogen-bond donors (Lipinski definition) is 1. The van der Waals surface area contributed by atoms with E-state index in [9.17, 15) is 0 Å². The Morgan fingerprint density at radius 2 is 2.29 bits per heavy atom. The minimum Gasteiger partial charge on any atom is -0.358 e. The number of amidine groups is 2. The molecule has 21 heavy (non-hydrogen) atoms. The molecule has 1 aliphatic carbocycles. The average molecular weight is 323 g/mol. The Bertz CT molecular complexity index is 538. The van der Waals surface area contributed by atoms with Crippen LogP contribution in [0.5, 0.6) is 0 Å². The SMILES string of the molecule is CC1(C)CN=C(SCC2=CSC3=NC4CCCC[C@H]4N23)N1. The highest BCUT2D eigenvalue weighted by Gasteiger charge is 2.41. The fraction of sp³-hybridized carbons (Fsp3) is 0.733. The van der Waals surface area contributed by atoms with Crippen LogP contribution in [0.3, 0.4) is 0 Å². The molecule has 0 radical (unpaired) electrons. The second-order valence-corrected chi connectivity index (χ2v) is 8.65. The molecule has 6 heteroatoms. The van der Waals surface area contributed by atoms with Gasteiger partial charge in [-0.2, -0.15) is 0 Å². The Labute approximate surface area is 134 Å². The van der Waals surface area contributed by atoms with Gasteiger partial charge in [-0.1, -0.05) is 36.4 Å². The Morgan fingerprint density at radius 1 is 1.43 bits per heavy atom. The zero-order valence-corrected chi connectivity index (χ0v) is 14.3. The summed E-state index contributed by atoms with van der Waals surface area (Å²) in [5.74, 6) is 0.997. The van der Waals surface area contributed by atoms with Gasteiger partial charge in [-0.25, -0.2) is 0 Å². The molecule has 0 bridgehead atoms. The number of hydrogen-bond acceptors (Lipinski definition) is 6. The Hall–Kier alpha value is -0.620. The lowest BCUT2D eigenvalue weighted by atomic mass is 9.91. The third-order valence-electron chi connectivity index (χ3n) is 4.54. The number of thioether (sulfide) groups is 2. The average Bonchev–Trinajstić information content (AvgIpc) is 3.10. The number of aliphatic imine (C=N–C) groups is 2. The first-order valence-corrected chi connectivity index (χ1v) is 9.67. The summed E-state index contributed by atoms with van der Waals surface area (Å²) in [6, 6.07) is 1.18. The molecule has 1 N–H and O–H groups in total. The third-order valence-corrected chi connectivity index (χ3v) is 6.39. The Kier molecular flexibility index (Phi) is 3.49. The second kappa shape index (κ2) is 5.23. The summed E-state index contributed by atoms with van der Waals surface area (Å²) in [5, 5.41) is 8.12. The molecule has 0 aromatic rings. The first-order chi connectivity index (χ1) is 10.1. The fourth-order valence-corrected chi connectivity index (χ4v) is 5.57. The fourth-order valence-electron chi connectivity index (χ4n) is 3.46. The van der Waals surface area contributed by atoms with E-state index in [0.29, 0.717) is 12.1 Å². The van der Waals surface area contributed by atoms with Crippen molar-refractivity contribution in [2.75, 3.05) is 12.3 Å². The zero-order chi connectivity index (χ0) is 14.4. The van der Waals surface area contributed by atoms with E-state index < -0.39 is 0 Å². The van der Waals surface area contributed by atoms with Crippen molar-refractivity contribution in [3.05, 3.63) is 11.1 Å². The van der Waals surface area contributed by atoms with Crippen molar-refractivity contribution < 1.29 is 0 Å². The minimum absolute atomic E-state index is 0.121. The molecule has 2 atom stereocenters. The maximum atomic E-state index is 4.92. The molecule has 114 valence electrons. The first kappa shape index (κ1) is 14.0. The molecule has 0 spiro atoms. The number of rotatable bonds is 2. The van der Waals surface area contributed by atoms with Gasteiger partial charge in [0.1, 0.15) is 0 Å². The molecule has 0 amide bonds. The van der Waals surface area contributed by atoms with Gasteiger partial charge >= 0.3 is 0 Å². The highest BCUT2D eigenvalue weighted by molar-refractivity contribution is 8.17. The lowest BCUT2D eigenvalue weighted by Crippen LogP contribution is -2.40. The molecule has 4 aliphatic rings. The Balaban J connectivity index is 1.40. The van der Waals surface area contributed by atoms with E-state index in [-0.39, 0.29) is 5.54 Å². The van der Waals surface area contributed by atoms with Gasteiger partial charge in [-0.15, -0.1) is 0 Å². The van der Waals surface area contributed by atoms with E-state index in [1.165, 1.54) is 36.5 Å². The van der Waals surface area contributed by atoms with Crippen LogP contribution in [0.2, 0.25) is 0 Å². The molecule has 1 fully saturated rings. The van der Waals surface area contributed by atoms with E-state index in [0.717, 1.165) is 17.5 Å². The van der Waals surface area contributed by atoms with Gasteiger partial charge in [0.15, 0.2) is 10.3 Å². The molecule has 4 nitrogen and oxygen atoms in total. The van der Waals surface area contributed by atoms with E-state index >= 15 is 0 Å². The highest BCUT2D eigenvalue weighted by Crippen LogP contribution is 2.41. The summed E-state index contributed by atoms with van der Waals surface area (Å²) in [6.07, 6.45) is 5.27. The predicted octanol–water partition coefficient (Wildman–Crippen LogP) is 3.03. The van der Waals surface area contributed by atoms with Crippen LogP contribution in [0, 0.1) is 0 Å². The Morgan fingerprint density at radius 3 is 3.10 bits per heavy atom. The molecule has 0 aromatic carbocycles. The summed E-state index contributed by atoms with van der Waals surface area (Å²) in [5.41, 5.74) is 1.54. The zero-order valence-electron chi connectivity index (χ0n) is 12.6. The van der Waals surface area contributed by atoms with Crippen molar-refractivity contribution in [3.8, 4) is 0 Å². The lowest BCUT2D eigenvalue weighted by Gasteiger charge is -2.32. The summed E-state index contributed by atoms with van der Waals surface area (Å²) in [6.45, 7) is 5.28. The van der Waals surface area contributed by atoms with Crippen LogP contribution in [-0.4, -0.2) is 45.2 Å². The smallest absolute Gasteiger partial charge is 0.168 e. The molecular formula is C15H22N4S2. The van der Waals surface area contributed by atoms with Gasteiger partial charge in [0.05, 0.1) is 24.2 Å². The molecule has 0 saturated heterocycles. The maximum Gasteiger partial charge on any atom is 0.168 e. The predicted molar refractivity (Wildman–Crippen MR) is 93.0 cm³/mol. The van der Waals surface area contributed by atoms with E-state index in [1.54, 1.807) is 0 Å². The van der Waals surface area contributed by atoms with Gasteiger partial charge in [-0.05, 0) is 32.1 Å². The van der Waals surface area contributed by atoms with Gasteiger partial charge < -0.3 is 10.2 Å². The lowest BCUT2D eigenvalue weighted by molar-refractivity contribution is 0.285. The van der Waals surface area contributed by atoms with Crippen molar-refractivity contribution in [1.29, 1.82) is 0 Å².